The van der Waals surface area contributed by atoms with Crippen LogP contribution >= 0.6 is 0 Å². The Morgan fingerprint density at radius 2 is 2.05 bits per heavy atom. The molecule has 0 aliphatic carbocycles. The molecule has 20 heavy (non-hydrogen) atoms. The fourth-order valence-electron chi connectivity index (χ4n) is 1.55. The van der Waals surface area contributed by atoms with E-state index in [1.807, 2.05) is 0 Å². The average molecular weight is 288 g/mol. The van der Waals surface area contributed by atoms with E-state index in [9.17, 15) is 18.0 Å². The highest BCUT2D eigenvalue weighted by molar-refractivity contribution is 5.79. The molecule has 0 saturated carbocycles. The third-order valence-electron chi connectivity index (χ3n) is 2.36. The molecule has 0 bridgehead atoms. The Labute approximate surface area is 114 Å². The summed E-state index contributed by atoms with van der Waals surface area (Å²) in [4.78, 5) is 10.4. The summed E-state index contributed by atoms with van der Waals surface area (Å²) in [5, 5.41) is 8.49. The van der Waals surface area contributed by atoms with Crippen LogP contribution in [0, 0.1) is 0 Å². The first-order chi connectivity index (χ1) is 9.20. The number of hydrogen-bond acceptors (Lipinski definition) is 2. The van der Waals surface area contributed by atoms with Crippen molar-refractivity contribution in [3.8, 4) is 5.75 Å². The number of halogens is 3. The second-order valence-electron chi connectivity index (χ2n) is 4.43. The van der Waals surface area contributed by atoms with E-state index in [0.717, 1.165) is 18.2 Å². The molecule has 0 fully saturated rings. The number of hydrogen-bond donors (Lipinski definition) is 1. The van der Waals surface area contributed by atoms with Gasteiger partial charge in [-0.15, -0.1) is 0 Å². The predicted molar refractivity (Wildman–Crippen MR) is 67.7 cm³/mol. The first-order valence-electron chi connectivity index (χ1n) is 5.96. The van der Waals surface area contributed by atoms with E-state index in [1.165, 1.54) is 12.1 Å². The molecule has 1 rings (SSSR count). The zero-order valence-corrected chi connectivity index (χ0v) is 11.1. The number of alkyl halides is 3. The van der Waals surface area contributed by atoms with Gasteiger partial charge < -0.3 is 9.84 Å². The van der Waals surface area contributed by atoms with Gasteiger partial charge in [0.1, 0.15) is 5.75 Å². The predicted octanol–water partition coefficient (Wildman–Crippen LogP) is 3.68. The second kappa shape index (κ2) is 6.45. The summed E-state index contributed by atoms with van der Waals surface area (Å²) in [6.45, 7) is 3.41. The van der Waals surface area contributed by atoms with Gasteiger partial charge in [-0.3, -0.25) is 0 Å². The maximum Gasteiger partial charge on any atom is 0.416 e. The zero-order chi connectivity index (χ0) is 15.3. The highest BCUT2D eigenvalue weighted by atomic mass is 19.4. The van der Waals surface area contributed by atoms with Crippen molar-refractivity contribution in [1.29, 1.82) is 0 Å². The standard InChI is InChI=1S/C14H15F3O3/c1-9(2)20-12-8-11(14(15,16)17)7-6-10(12)4-3-5-13(18)19/h3,5-9H,4H2,1-2H3,(H,18,19). The quantitative estimate of drug-likeness (QED) is 0.841. The van der Waals surface area contributed by atoms with Gasteiger partial charge in [0.25, 0.3) is 0 Å². The molecule has 0 saturated heterocycles. The second-order valence-corrected chi connectivity index (χ2v) is 4.43. The minimum absolute atomic E-state index is 0.116. The van der Waals surface area contributed by atoms with Crippen molar-refractivity contribution in [2.24, 2.45) is 0 Å². The Kier molecular flexibility index (Phi) is 5.19. The summed E-state index contributed by atoms with van der Waals surface area (Å²) >= 11 is 0. The smallest absolute Gasteiger partial charge is 0.416 e. The summed E-state index contributed by atoms with van der Waals surface area (Å²) in [6, 6.07) is 3.19. The lowest BCUT2D eigenvalue weighted by molar-refractivity contribution is -0.137. The molecular formula is C14H15F3O3. The van der Waals surface area contributed by atoms with Gasteiger partial charge in [-0.25, -0.2) is 4.79 Å². The van der Waals surface area contributed by atoms with Crippen LogP contribution in [0.1, 0.15) is 25.0 Å². The van der Waals surface area contributed by atoms with Gasteiger partial charge in [-0.1, -0.05) is 12.1 Å². The van der Waals surface area contributed by atoms with Crippen molar-refractivity contribution in [3.63, 3.8) is 0 Å². The molecule has 0 aliphatic rings. The Balaban J connectivity index is 3.06. The highest BCUT2D eigenvalue weighted by Gasteiger charge is 2.31. The van der Waals surface area contributed by atoms with E-state index in [4.69, 9.17) is 9.84 Å². The van der Waals surface area contributed by atoms with E-state index in [1.54, 1.807) is 13.8 Å². The number of carbonyl (C=O) groups is 1. The Hall–Kier alpha value is -1.98. The SMILES string of the molecule is CC(C)Oc1cc(C(F)(F)F)ccc1CC=CC(=O)O. The van der Waals surface area contributed by atoms with Crippen molar-refractivity contribution >= 4 is 5.97 Å². The van der Waals surface area contributed by atoms with E-state index in [0.29, 0.717) is 5.56 Å². The number of benzene rings is 1. The van der Waals surface area contributed by atoms with Crippen molar-refractivity contribution in [2.45, 2.75) is 32.5 Å². The molecule has 0 aromatic heterocycles. The van der Waals surface area contributed by atoms with Crippen LogP contribution in [0.2, 0.25) is 0 Å². The number of aliphatic carboxylic acids is 1. The van der Waals surface area contributed by atoms with Gasteiger partial charge in [-0.05, 0) is 38.0 Å². The first kappa shape index (κ1) is 16.1. The minimum Gasteiger partial charge on any atom is -0.491 e. The lowest BCUT2D eigenvalue weighted by Crippen LogP contribution is -2.10. The monoisotopic (exact) mass is 288 g/mol. The van der Waals surface area contributed by atoms with Gasteiger partial charge >= 0.3 is 12.1 Å². The topological polar surface area (TPSA) is 46.5 Å². The molecule has 0 radical (unpaired) electrons. The van der Waals surface area contributed by atoms with Crippen LogP contribution in [0.15, 0.2) is 30.4 Å². The molecule has 3 nitrogen and oxygen atoms in total. The Morgan fingerprint density at radius 3 is 2.55 bits per heavy atom. The normalized spacial score (nSPS) is 12.1. The third kappa shape index (κ3) is 4.95. The molecule has 1 aromatic carbocycles. The highest BCUT2D eigenvalue weighted by Crippen LogP contribution is 2.33. The first-order valence-corrected chi connectivity index (χ1v) is 5.96. The number of carboxylic acid groups (broad SMARTS) is 1. The van der Waals surface area contributed by atoms with Crippen LogP contribution < -0.4 is 4.74 Å². The molecule has 0 unspecified atom stereocenters. The molecule has 1 N–H and O–H groups in total. The maximum atomic E-state index is 12.6. The van der Waals surface area contributed by atoms with Crippen LogP contribution in [0.4, 0.5) is 13.2 Å². The summed E-state index contributed by atoms with van der Waals surface area (Å²) in [6.07, 6.45) is -2.23. The molecule has 0 atom stereocenters. The summed E-state index contributed by atoms with van der Waals surface area (Å²) in [5.74, 6) is -0.992. The van der Waals surface area contributed by atoms with Crippen LogP contribution in [0.25, 0.3) is 0 Å². The third-order valence-corrected chi connectivity index (χ3v) is 2.36. The molecule has 6 heteroatoms. The number of carboxylic acids is 1. The molecule has 0 spiro atoms. The van der Waals surface area contributed by atoms with Crippen LogP contribution in [0.3, 0.4) is 0 Å². The van der Waals surface area contributed by atoms with Gasteiger partial charge in [0.05, 0.1) is 11.7 Å². The summed E-state index contributed by atoms with van der Waals surface area (Å²) < 4.78 is 43.3. The van der Waals surface area contributed by atoms with Crippen molar-refractivity contribution in [3.05, 3.63) is 41.5 Å². The van der Waals surface area contributed by atoms with E-state index in [-0.39, 0.29) is 18.3 Å². The molecule has 110 valence electrons. The van der Waals surface area contributed by atoms with Gasteiger partial charge in [0.15, 0.2) is 0 Å². The summed E-state index contributed by atoms with van der Waals surface area (Å²) in [5.41, 5.74) is -0.289. The molecule has 1 aromatic rings. The van der Waals surface area contributed by atoms with Gasteiger partial charge in [0.2, 0.25) is 0 Å². The van der Waals surface area contributed by atoms with Gasteiger partial charge in [0, 0.05) is 6.08 Å². The Morgan fingerprint density at radius 1 is 1.40 bits per heavy atom. The fraction of sp³-hybridized carbons (Fsp3) is 0.357. The van der Waals surface area contributed by atoms with Crippen molar-refractivity contribution in [1.82, 2.24) is 0 Å². The number of ether oxygens (including phenoxy) is 1. The van der Waals surface area contributed by atoms with Gasteiger partial charge in [-0.2, -0.15) is 13.2 Å². The summed E-state index contributed by atoms with van der Waals surface area (Å²) in [7, 11) is 0. The largest absolute Gasteiger partial charge is 0.491 e. The Bertz CT molecular complexity index is 505. The van der Waals surface area contributed by atoms with Crippen LogP contribution in [0.5, 0.6) is 5.75 Å². The van der Waals surface area contributed by atoms with Crippen molar-refractivity contribution < 1.29 is 27.8 Å². The minimum atomic E-state index is -4.44. The number of allylic oxidation sites excluding steroid dienone is 1. The average Bonchev–Trinajstić information content (AvgIpc) is 2.28. The fourth-order valence-corrected chi connectivity index (χ4v) is 1.55. The van der Waals surface area contributed by atoms with E-state index >= 15 is 0 Å². The maximum absolute atomic E-state index is 12.6. The van der Waals surface area contributed by atoms with Crippen molar-refractivity contribution in [2.75, 3.05) is 0 Å². The van der Waals surface area contributed by atoms with E-state index < -0.39 is 17.7 Å². The molecule has 0 heterocycles. The lowest BCUT2D eigenvalue weighted by atomic mass is 10.1. The zero-order valence-electron chi connectivity index (χ0n) is 11.1. The molecular weight excluding hydrogens is 273 g/mol. The van der Waals surface area contributed by atoms with Crippen LogP contribution in [-0.4, -0.2) is 17.2 Å². The molecule has 0 amide bonds. The number of rotatable bonds is 5. The lowest BCUT2D eigenvalue weighted by Gasteiger charge is -2.16. The van der Waals surface area contributed by atoms with E-state index in [2.05, 4.69) is 0 Å². The van der Waals surface area contributed by atoms with Crippen LogP contribution in [-0.2, 0) is 17.4 Å². The molecule has 0 aliphatic heterocycles.